The van der Waals surface area contributed by atoms with Crippen LogP contribution in [0, 0.1) is 0 Å². The third-order valence-corrected chi connectivity index (χ3v) is 7.08. The van der Waals surface area contributed by atoms with Gasteiger partial charge < -0.3 is 19.3 Å². The number of aromatic nitrogens is 2. The van der Waals surface area contributed by atoms with Crippen molar-refractivity contribution < 1.29 is 14.3 Å². The van der Waals surface area contributed by atoms with Crippen LogP contribution in [-0.4, -0.2) is 71.0 Å². The minimum atomic E-state index is -0.251. The molecular formula is C25H29N5O3. The molecule has 0 bridgehead atoms. The molecule has 0 spiro atoms. The minimum Gasteiger partial charge on any atom is -0.488 e. The average Bonchev–Trinajstić information content (AvgIpc) is 3.23. The van der Waals surface area contributed by atoms with Crippen molar-refractivity contribution >= 4 is 17.4 Å². The highest BCUT2D eigenvalue weighted by molar-refractivity contribution is 6.14. The van der Waals surface area contributed by atoms with Gasteiger partial charge in [0.05, 0.1) is 18.0 Å². The van der Waals surface area contributed by atoms with Gasteiger partial charge in [0.15, 0.2) is 0 Å². The van der Waals surface area contributed by atoms with Crippen LogP contribution in [0.5, 0.6) is 5.75 Å². The summed E-state index contributed by atoms with van der Waals surface area (Å²) in [5.41, 5.74) is 3.99. The van der Waals surface area contributed by atoms with E-state index in [1.165, 1.54) is 5.56 Å². The maximum Gasteiger partial charge on any atom is 0.251 e. The van der Waals surface area contributed by atoms with Gasteiger partial charge in [-0.2, -0.15) is 0 Å². The van der Waals surface area contributed by atoms with E-state index >= 15 is 0 Å². The molecule has 3 fully saturated rings. The molecule has 1 aromatic heterocycles. The minimum absolute atomic E-state index is 0.0142. The summed E-state index contributed by atoms with van der Waals surface area (Å²) in [4.78, 5) is 30.6. The summed E-state index contributed by atoms with van der Waals surface area (Å²) in [6, 6.07) is 8.27. The van der Waals surface area contributed by atoms with Crippen molar-refractivity contribution in [2.75, 3.05) is 37.7 Å². The molecule has 1 atom stereocenters. The van der Waals surface area contributed by atoms with Crippen molar-refractivity contribution in [2.45, 2.75) is 50.9 Å². The van der Waals surface area contributed by atoms with Crippen molar-refractivity contribution in [3.8, 4) is 5.75 Å². The summed E-state index contributed by atoms with van der Waals surface area (Å²) >= 11 is 0. The van der Waals surface area contributed by atoms with Gasteiger partial charge in [-0.05, 0) is 50.3 Å². The molecule has 1 saturated carbocycles. The monoisotopic (exact) mass is 447 g/mol. The van der Waals surface area contributed by atoms with Gasteiger partial charge in [0, 0.05) is 44.4 Å². The van der Waals surface area contributed by atoms with Crippen LogP contribution in [0.15, 0.2) is 35.6 Å². The quantitative estimate of drug-likeness (QED) is 0.701. The molecule has 8 heteroatoms. The summed E-state index contributed by atoms with van der Waals surface area (Å²) in [6.07, 6.45) is 5.38. The Bertz CT molecular complexity index is 1100. The molecule has 0 N–H and O–H groups in total. The van der Waals surface area contributed by atoms with E-state index in [1.807, 2.05) is 17.0 Å². The number of hydrogen-bond donors (Lipinski definition) is 0. The van der Waals surface area contributed by atoms with Gasteiger partial charge in [-0.3, -0.25) is 9.79 Å². The van der Waals surface area contributed by atoms with Crippen LogP contribution in [0.2, 0.25) is 0 Å². The van der Waals surface area contributed by atoms with Crippen LogP contribution in [0.25, 0.3) is 0 Å². The van der Waals surface area contributed by atoms with E-state index in [-0.39, 0.29) is 17.6 Å². The zero-order chi connectivity index (χ0) is 22.4. The molecule has 1 amide bonds. The predicted octanol–water partition coefficient (Wildman–Crippen LogP) is 2.59. The number of amides is 1. The Labute approximate surface area is 193 Å². The van der Waals surface area contributed by atoms with Crippen LogP contribution >= 0.6 is 0 Å². The Morgan fingerprint density at radius 2 is 2.00 bits per heavy atom. The first kappa shape index (κ1) is 20.6. The normalized spacial score (nSPS) is 23.3. The largest absolute Gasteiger partial charge is 0.488 e. The Morgan fingerprint density at radius 3 is 2.76 bits per heavy atom. The van der Waals surface area contributed by atoms with E-state index in [9.17, 15) is 4.79 Å². The summed E-state index contributed by atoms with van der Waals surface area (Å²) in [7, 11) is 0. The van der Waals surface area contributed by atoms with E-state index in [2.05, 4.69) is 33.9 Å². The zero-order valence-corrected chi connectivity index (χ0v) is 19.0. The first-order valence-corrected chi connectivity index (χ1v) is 11.9. The summed E-state index contributed by atoms with van der Waals surface area (Å²) in [6.45, 7) is 6.36. The van der Waals surface area contributed by atoms with E-state index in [0.717, 1.165) is 67.3 Å². The number of hydrogen-bond acceptors (Lipinski definition) is 7. The number of nitrogens with zero attached hydrogens (tertiary/aromatic N) is 5. The van der Waals surface area contributed by atoms with Crippen molar-refractivity contribution in [2.24, 2.45) is 4.99 Å². The Kier molecular flexibility index (Phi) is 5.05. The van der Waals surface area contributed by atoms with Crippen LogP contribution in [0.4, 0.5) is 5.82 Å². The second-order valence-corrected chi connectivity index (χ2v) is 9.61. The lowest BCUT2D eigenvalue weighted by Crippen LogP contribution is -2.51. The maximum atomic E-state index is 12.6. The first-order valence-electron chi connectivity index (χ1n) is 11.9. The molecule has 3 aliphatic heterocycles. The molecule has 0 radical (unpaired) electrons. The molecule has 8 nitrogen and oxygen atoms in total. The second-order valence-electron chi connectivity index (χ2n) is 9.61. The number of ether oxygens (including phenoxy) is 2. The zero-order valence-electron chi connectivity index (χ0n) is 19.0. The molecule has 1 aliphatic carbocycles. The third kappa shape index (κ3) is 4.08. The highest BCUT2D eigenvalue weighted by Gasteiger charge is 2.40. The standard InChI is InChI=1S/C25H29N5O3/c1-25(6-7-25)33-18-5-4-17-15-26-23(19(17)13-18)20-14-22(28-16-27-20)29-8-10-30(11-9-29)24(31)21-3-2-12-32-21/h4-5,13-14,16,21H,2-3,6-12,15H2,1H3. The van der Waals surface area contributed by atoms with Crippen molar-refractivity contribution in [3.63, 3.8) is 0 Å². The fraction of sp³-hybridized carbons (Fsp3) is 0.520. The summed E-state index contributed by atoms with van der Waals surface area (Å²) in [5, 5.41) is 0. The number of carbonyl (C=O) groups is 1. The van der Waals surface area contributed by atoms with Crippen LogP contribution in [0.3, 0.4) is 0 Å². The molecule has 33 heavy (non-hydrogen) atoms. The number of anilines is 1. The number of rotatable bonds is 5. The lowest BCUT2D eigenvalue weighted by atomic mass is 10.0. The molecule has 1 unspecified atom stereocenters. The molecular weight excluding hydrogens is 418 g/mol. The first-order chi connectivity index (χ1) is 16.1. The Balaban J connectivity index is 1.16. The van der Waals surface area contributed by atoms with Crippen molar-refractivity contribution in [3.05, 3.63) is 47.4 Å². The smallest absolute Gasteiger partial charge is 0.251 e. The summed E-state index contributed by atoms with van der Waals surface area (Å²) < 4.78 is 11.7. The lowest BCUT2D eigenvalue weighted by molar-refractivity contribution is -0.141. The maximum absolute atomic E-state index is 12.6. The number of piperazine rings is 1. The van der Waals surface area contributed by atoms with Gasteiger partial charge in [-0.15, -0.1) is 0 Å². The topological polar surface area (TPSA) is 80.2 Å². The van der Waals surface area contributed by atoms with Gasteiger partial charge in [0.2, 0.25) is 0 Å². The van der Waals surface area contributed by atoms with Crippen molar-refractivity contribution in [1.82, 2.24) is 14.9 Å². The van der Waals surface area contributed by atoms with Crippen molar-refractivity contribution in [1.29, 1.82) is 0 Å². The van der Waals surface area contributed by atoms with Crippen LogP contribution in [-0.2, 0) is 16.1 Å². The second kappa shape index (κ2) is 8.09. The molecule has 1 aromatic carbocycles. The SMILES string of the molecule is CC1(Oc2ccc3c(c2)C(c2cc(N4CCN(C(=O)C5CCCO5)CC4)ncn2)=NC3)CC1. The molecule has 2 saturated heterocycles. The number of benzene rings is 1. The van der Waals surface area contributed by atoms with Gasteiger partial charge in [-0.25, -0.2) is 9.97 Å². The Morgan fingerprint density at radius 1 is 1.15 bits per heavy atom. The van der Waals surface area contributed by atoms with Gasteiger partial charge in [-0.1, -0.05) is 6.07 Å². The third-order valence-electron chi connectivity index (χ3n) is 7.08. The lowest BCUT2D eigenvalue weighted by Gasteiger charge is -2.36. The van der Waals surface area contributed by atoms with Crippen LogP contribution < -0.4 is 9.64 Å². The molecule has 6 rings (SSSR count). The highest BCUT2D eigenvalue weighted by atomic mass is 16.5. The van der Waals surface area contributed by atoms with Gasteiger partial charge in [0.25, 0.3) is 5.91 Å². The number of fused-ring (bicyclic) bond motifs is 1. The fourth-order valence-electron chi connectivity index (χ4n) is 4.79. The average molecular weight is 448 g/mol. The number of carbonyl (C=O) groups excluding carboxylic acids is 1. The Hall–Kier alpha value is -3.00. The van der Waals surface area contributed by atoms with E-state index in [0.29, 0.717) is 26.2 Å². The molecule has 4 heterocycles. The van der Waals surface area contributed by atoms with E-state index < -0.39 is 0 Å². The van der Waals surface area contributed by atoms with E-state index in [4.69, 9.17) is 14.5 Å². The highest BCUT2D eigenvalue weighted by Crippen LogP contribution is 2.40. The fourth-order valence-corrected chi connectivity index (χ4v) is 4.79. The van der Waals surface area contributed by atoms with E-state index in [1.54, 1.807) is 6.33 Å². The molecule has 172 valence electrons. The summed E-state index contributed by atoms with van der Waals surface area (Å²) in [5.74, 6) is 1.90. The predicted molar refractivity (Wildman–Crippen MR) is 124 cm³/mol. The van der Waals surface area contributed by atoms with Gasteiger partial charge >= 0.3 is 0 Å². The van der Waals surface area contributed by atoms with Crippen LogP contribution in [0.1, 0.15) is 49.4 Å². The van der Waals surface area contributed by atoms with Gasteiger partial charge in [0.1, 0.15) is 29.6 Å². The molecule has 4 aliphatic rings. The number of aliphatic imine (C=N–C) groups is 1. The molecule has 2 aromatic rings.